The van der Waals surface area contributed by atoms with E-state index in [0.29, 0.717) is 11.4 Å². The highest BCUT2D eigenvalue weighted by atomic mass is 79.9. The lowest BCUT2D eigenvalue weighted by atomic mass is 10.3. The number of benzene rings is 1. The Bertz CT molecular complexity index is 565. The highest BCUT2D eigenvalue weighted by Crippen LogP contribution is 2.29. The zero-order valence-electron chi connectivity index (χ0n) is 8.45. The fourth-order valence-corrected chi connectivity index (χ4v) is 1.70. The molecule has 0 radical (unpaired) electrons. The van der Waals surface area contributed by atoms with Gasteiger partial charge >= 0.3 is 0 Å². The van der Waals surface area contributed by atoms with E-state index >= 15 is 0 Å². The quantitative estimate of drug-likeness (QED) is 0.910. The summed E-state index contributed by atoms with van der Waals surface area (Å²) < 4.78 is 19.1. The second-order valence-corrected chi connectivity index (χ2v) is 4.55. The normalized spacial score (nSPS) is 10.3. The zero-order chi connectivity index (χ0) is 12.4. The van der Waals surface area contributed by atoms with Crippen LogP contribution in [0, 0.1) is 5.82 Å². The highest BCUT2D eigenvalue weighted by Gasteiger charge is 2.06. The van der Waals surface area contributed by atoms with Crippen molar-refractivity contribution in [3.05, 3.63) is 45.8 Å². The number of hydrogen-bond donors (Lipinski definition) is 1. The van der Waals surface area contributed by atoms with Crippen LogP contribution in [0.3, 0.4) is 0 Å². The van der Waals surface area contributed by atoms with Gasteiger partial charge < -0.3 is 10.5 Å². The average molecular weight is 318 g/mol. The zero-order valence-corrected chi connectivity index (χ0v) is 10.8. The fraction of sp³-hybridized carbons (Fsp3) is 0. The number of pyridine rings is 1. The molecule has 0 unspecified atom stereocenters. The van der Waals surface area contributed by atoms with Crippen molar-refractivity contribution in [1.29, 1.82) is 0 Å². The monoisotopic (exact) mass is 316 g/mol. The maximum Gasteiger partial charge on any atom is 0.242 e. The summed E-state index contributed by atoms with van der Waals surface area (Å²) in [5, 5.41) is -0.0156. The number of nitrogens with two attached hydrogens (primary N) is 1. The van der Waals surface area contributed by atoms with Crippen LogP contribution in [0.15, 0.2) is 34.9 Å². The van der Waals surface area contributed by atoms with Crippen LogP contribution in [-0.2, 0) is 0 Å². The Kier molecular flexibility index (Phi) is 3.49. The summed E-state index contributed by atoms with van der Waals surface area (Å²) in [6.45, 7) is 0. The molecule has 2 N–H and O–H groups in total. The van der Waals surface area contributed by atoms with Gasteiger partial charge in [-0.15, -0.1) is 0 Å². The van der Waals surface area contributed by atoms with E-state index in [4.69, 9.17) is 22.1 Å². The third-order valence-electron chi connectivity index (χ3n) is 1.95. The van der Waals surface area contributed by atoms with E-state index in [1.54, 1.807) is 12.3 Å². The standard InChI is InChI=1S/C11H7BrClFN2O/c12-6-3-10(15)11(16-5-6)17-7-1-2-9(14)8(13)4-7/h1-5H,15H2. The molecular weight excluding hydrogens is 310 g/mol. The first-order valence-electron chi connectivity index (χ1n) is 4.60. The van der Waals surface area contributed by atoms with Gasteiger partial charge in [0.1, 0.15) is 11.6 Å². The van der Waals surface area contributed by atoms with Crippen LogP contribution in [0.4, 0.5) is 10.1 Å². The van der Waals surface area contributed by atoms with Crippen LogP contribution in [-0.4, -0.2) is 4.98 Å². The number of halogens is 3. The number of nitrogen functional groups attached to an aromatic ring is 1. The molecule has 0 aliphatic heterocycles. The predicted molar refractivity (Wildman–Crippen MR) is 67.8 cm³/mol. The smallest absolute Gasteiger partial charge is 0.242 e. The number of rotatable bonds is 2. The molecule has 1 heterocycles. The summed E-state index contributed by atoms with van der Waals surface area (Å²) in [6, 6.07) is 5.69. The minimum absolute atomic E-state index is 0.0156. The van der Waals surface area contributed by atoms with E-state index in [1.807, 2.05) is 0 Å². The topological polar surface area (TPSA) is 48.1 Å². The Morgan fingerprint density at radius 3 is 2.76 bits per heavy atom. The Labute approximate surface area is 110 Å². The van der Waals surface area contributed by atoms with Crippen molar-refractivity contribution in [3.8, 4) is 11.6 Å². The van der Waals surface area contributed by atoms with Gasteiger partial charge in [0, 0.05) is 16.7 Å². The third kappa shape index (κ3) is 2.87. The first-order chi connectivity index (χ1) is 8.06. The van der Waals surface area contributed by atoms with Crippen molar-refractivity contribution in [2.45, 2.75) is 0 Å². The van der Waals surface area contributed by atoms with Crippen molar-refractivity contribution >= 4 is 33.2 Å². The molecule has 2 rings (SSSR count). The largest absolute Gasteiger partial charge is 0.437 e. The number of hydrogen-bond acceptors (Lipinski definition) is 3. The van der Waals surface area contributed by atoms with Gasteiger partial charge in [-0.2, -0.15) is 0 Å². The lowest BCUT2D eigenvalue weighted by Gasteiger charge is -2.07. The van der Waals surface area contributed by atoms with E-state index in [1.165, 1.54) is 18.2 Å². The van der Waals surface area contributed by atoms with Gasteiger partial charge in [-0.3, -0.25) is 0 Å². The highest BCUT2D eigenvalue weighted by molar-refractivity contribution is 9.10. The Morgan fingerprint density at radius 2 is 2.12 bits per heavy atom. The molecule has 2 aromatic rings. The molecule has 0 fully saturated rings. The summed E-state index contributed by atoms with van der Waals surface area (Å²) >= 11 is 8.87. The Morgan fingerprint density at radius 1 is 1.35 bits per heavy atom. The average Bonchev–Trinajstić information content (AvgIpc) is 2.27. The molecule has 0 bridgehead atoms. The molecule has 17 heavy (non-hydrogen) atoms. The maximum atomic E-state index is 12.9. The molecule has 6 heteroatoms. The molecule has 3 nitrogen and oxygen atoms in total. The summed E-state index contributed by atoms with van der Waals surface area (Å²) in [5.74, 6) is 0.115. The number of aromatic nitrogens is 1. The lowest BCUT2D eigenvalue weighted by molar-refractivity contribution is 0.464. The van der Waals surface area contributed by atoms with Gasteiger partial charge in [0.05, 0.1) is 10.7 Å². The Balaban J connectivity index is 2.28. The fourth-order valence-electron chi connectivity index (χ4n) is 1.18. The molecule has 0 spiro atoms. The van der Waals surface area contributed by atoms with Gasteiger partial charge in [-0.05, 0) is 34.1 Å². The molecule has 0 amide bonds. The molecule has 0 saturated heterocycles. The molecular formula is C11H7BrClFN2O. The first kappa shape index (κ1) is 12.1. The molecule has 1 aromatic heterocycles. The van der Waals surface area contributed by atoms with Gasteiger partial charge in [0.15, 0.2) is 0 Å². The van der Waals surface area contributed by atoms with E-state index in [2.05, 4.69) is 20.9 Å². The number of nitrogens with zero attached hydrogens (tertiary/aromatic N) is 1. The van der Waals surface area contributed by atoms with Gasteiger partial charge in [0.25, 0.3) is 0 Å². The van der Waals surface area contributed by atoms with Crippen molar-refractivity contribution in [2.75, 3.05) is 5.73 Å². The van der Waals surface area contributed by atoms with Gasteiger partial charge in [0.2, 0.25) is 5.88 Å². The van der Waals surface area contributed by atoms with E-state index in [0.717, 1.165) is 4.47 Å². The molecule has 0 saturated carbocycles. The van der Waals surface area contributed by atoms with Crippen molar-refractivity contribution in [3.63, 3.8) is 0 Å². The summed E-state index contributed by atoms with van der Waals surface area (Å²) in [7, 11) is 0. The maximum absolute atomic E-state index is 12.9. The van der Waals surface area contributed by atoms with E-state index in [-0.39, 0.29) is 10.9 Å². The Hall–Kier alpha value is -1.33. The van der Waals surface area contributed by atoms with E-state index in [9.17, 15) is 4.39 Å². The van der Waals surface area contributed by atoms with Crippen molar-refractivity contribution < 1.29 is 9.13 Å². The van der Waals surface area contributed by atoms with Crippen LogP contribution in [0.2, 0.25) is 5.02 Å². The molecule has 0 aliphatic carbocycles. The summed E-state index contributed by atoms with van der Waals surface area (Å²) in [4.78, 5) is 3.99. The summed E-state index contributed by atoms with van der Waals surface area (Å²) in [6.07, 6.45) is 1.55. The van der Waals surface area contributed by atoms with Gasteiger partial charge in [-0.25, -0.2) is 9.37 Å². The lowest BCUT2D eigenvalue weighted by Crippen LogP contribution is -1.95. The first-order valence-corrected chi connectivity index (χ1v) is 5.77. The van der Waals surface area contributed by atoms with Crippen LogP contribution < -0.4 is 10.5 Å². The van der Waals surface area contributed by atoms with Crippen LogP contribution in [0.5, 0.6) is 11.6 Å². The van der Waals surface area contributed by atoms with Gasteiger partial charge in [-0.1, -0.05) is 11.6 Å². The van der Waals surface area contributed by atoms with Crippen LogP contribution >= 0.6 is 27.5 Å². The van der Waals surface area contributed by atoms with E-state index < -0.39 is 5.82 Å². The third-order valence-corrected chi connectivity index (χ3v) is 2.67. The second kappa shape index (κ2) is 4.89. The molecule has 88 valence electrons. The second-order valence-electron chi connectivity index (χ2n) is 3.23. The number of anilines is 1. The van der Waals surface area contributed by atoms with Crippen molar-refractivity contribution in [1.82, 2.24) is 4.98 Å². The predicted octanol–water partition coefficient (Wildman–Crippen LogP) is 4.01. The van der Waals surface area contributed by atoms with Crippen LogP contribution in [0.1, 0.15) is 0 Å². The minimum atomic E-state index is -0.504. The molecule has 0 aliphatic rings. The van der Waals surface area contributed by atoms with Crippen LogP contribution in [0.25, 0.3) is 0 Å². The van der Waals surface area contributed by atoms with Crippen molar-refractivity contribution in [2.24, 2.45) is 0 Å². The number of ether oxygens (including phenoxy) is 1. The molecule has 0 atom stereocenters. The minimum Gasteiger partial charge on any atom is -0.437 e. The SMILES string of the molecule is Nc1cc(Br)cnc1Oc1ccc(F)c(Cl)c1. The summed E-state index contributed by atoms with van der Waals surface area (Å²) in [5.41, 5.74) is 6.09. The molecule has 1 aromatic carbocycles.